The Labute approximate surface area is 85.6 Å². The number of aldehydes is 1. The van der Waals surface area contributed by atoms with Crippen molar-refractivity contribution < 1.29 is 9.18 Å². The summed E-state index contributed by atoms with van der Waals surface area (Å²) in [7, 11) is 0. The third kappa shape index (κ3) is 1.88. The van der Waals surface area contributed by atoms with Gasteiger partial charge in [0, 0.05) is 35.8 Å². The third-order valence-electron chi connectivity index (χ3n) is 2.02. The summed E-state index contributed by atoms with van der Waals surface area (Å²) in [5.74, 6) is -0.657. The largest absolute Gasteiger partial charge is 0.298 e. The standard InChI is InChI=1S/C11H7FN2O/c12-11-5-9(7-15)10(6-14-11)8-1-3-13-4-2-8/h1-7H. The smallest absolute Gasteiger partial charge is 0.213 e. The zero-order valence-electron chi connectivity index (χ0n) is 7.72. The van der Waals surface area contributed by atoms with Crippen molar-refractivity contribution in [3.8, 4) is 11.1 Å². The average Bonchev–Trinajstić information content (AvgIpc) is 2.30. The molecule has 0 unspecified atom stereocenters. The Balaban J connectivity index is 2.58. The van der Waals surface area contributed by atoms with E-state index in [-0.39, 0.29) is 5.56 Å². The molecule has 0 amide bonds. The molecule has 0 aromatic carbocycles. The highest BCUT2D eigenvalue weighted by molar-refractivity contribution is 5.86. The molecule has 2 aromatic rings. The molecule has 0 N–H and O–H groups in total. The molecule has 0 bridgehead atoms. The predicted molar refractivity (Wildman–Crippen MR) is 52.8 cm³/mol. The first kappa shape index (κ1) is 9.45. The lowest BCUT2D eigenvalue weighted by molar-refractivity contribution is 0.112. The lowest BCUT2D eigenvalue weighted by atomic mass is 10.0. The van der Waals surface area contributed by atoms with E-state index in [0.717, 1.165) is 11.6 Å². The van der Waals surface area contributed by atoms with Gasteiger partial charge >= 0.3 is 0 Å². The number of nitrogens with zero attached hydrogens (tertiary/aromatic N) is 2. The van der Waals surface area contributed by atoms with Gasteiger partial charge in [-0.15, -0.1) is 0 Å². The number of pyridine rings is 2. The summed E-state index contributed by atoms with van der Waals surface area (Å²) in [6.07, 6.45) is 5.16. The van der Waals surface area contributed by atoms with E-state index in [0.29, 0.717) is 11.8 Å². The number of hydrogen-bond donors (Lipinski definition) is 0. The zero-order chi connectivity index (χ0) is 10.7. The molecule has 0 aliphatic heterocycles. The van der Waals surface area contributed by atoms with Crippen molar-refractivity contribution in [2.24, 2.45) is 0 Å². The molecule has 2 rings (SSSR count). The van der Waals surface area contributed by atoms with Crippen LogP contribution in [-0.2, 0) is 0 Å². The van der Waals surface area contributed by atoms with Crippen molar-refractivity contribution in [1.29, 1.82) is 0 Å². The van der Waals surface area contributed by atoms with E-state index in [1.54, 1.807) is 24.5 Å². The summed E-state index contributed by atoms with van der Waals surface area (Å²) in [5.41, 5.74) is 1.68. The number of carbonyl (C=O) groups is 1. The molecular formula is C11H7FN2O. The van der Waals surface area contributed by atoms with Crippen molar-refractivity contribution in [3.63, 3.8) is 0 Å². The quantitative estimate of drug-likeness (QED) is 0.553. The normalized spacial score (nSPS) is 9.93. The molecular weight excluding hydrogens is 195 g/mol. The van der Waals surface area contributed by atoms with Crippen LogP contribution in [-0.4, -0.2) is 16.3 Å². The second kappa shape index (κ2) is 3.96. The molecule has 0 fully saturated rings. The number of rotatable bonds is 2. The van der Waals surface area contributed by atoms with Gasteiger partial charge in [0.2, 0.25) is 5.95 Å². The van der Waals surface area contributed by atoms with Gasteiger partial charge in [0.25, 0.3) is 0 Å². The molecule has 0 spiro atoms. The summed E-state index contributed by atoms with van der Waals surface area (Å²) in [5, 5.41) is 0. The highest BCUT2D eigenvalue weighted by Gasteiger charge is 2.06. The van der Waals surface area contributed by atoms with Crippen molar-refractivity contribution in [2.45, 2.75) is 0 Å². The van der Waals surface area contributed by atoms with Crippen LogP contribution in [0.25, 0.3) is 11.1 Å². The Bertz CT molecular complexity index is 485. The van der Waals surface area contributed by atoms with Crippen LogP contribution < -0.4 is 0 Å². The first-order chi connectivity index (χ1) is 7.31. The van der Waals surface area contributed by atoms with Crippen LogP contribution >= 0.6 is 0 Å². The lowest BCUT2D eigenvalue weighted by Gasteiger charge is -2.03. The number of hydrogen-bond acceptors (Lipinski definition) is 3. The summed E-state index contributed by atoms with van der Waals surface area (Å²) in [4.78, 5) is 18.1. The van der Waals surface area contributed by atoms with E-state index in [2.05, 4.69) is 9.97 Å². The summed E-state index contributed by atoms with van der Waals surface area (Å²) in [6.45, 7) is 0. The van der Waals surface area contributed by atoms with E-state index in [9.17, 15) is 9.18 Å². The van der Waals surface area contributed by atoms with E-state index in [4.69, 9.17) is 0 Å². The fourth-order valence-electron chi connectivity index (χ4n) is 1.31. The molecule has 2 heterocycles. The minimum absolute atomic E-state index is 0.286. The van der Waals surface area contributed by atoms with Crippen LogP contribution in [0.1, 0.15) is 10.4 Å². The van der Waals surface area contributed by atoms with Gasteiger partial charge in [-0.1, -0.05) is 0 Å². The van der Waals surface area contributed by atoms with Crippen LogP contribution in [0.15, 0.2) is 36.8 Å². The van der Waals surface area contributed by atoms with Crippen LogP contribution in [0, 0.1) is 5.95 Å². The molecule has 0 radical (unpaired) electrons. The van der Waals surface area contributed by atoms with Gasteiger partial charge in [0.05, 0.1) is 0 Å². The van der Waals surface area contributed by atoms with Gasteiger partial charge in [0.1, 0.15) is 0 Å². The van der Waals surface area contributed by atoms with Gasteiger partial charge in [-0.2, -0.15) is 4.39 Å². The van der Waals surface area contributed by atoms with Gasteiger partial charge < -0.3 is 0 Å². The maximum atomic E-state index is 12.8. The van der Waals surface area contributed by atoms with Crippen molar-refractivity contribution >= 4 is 6.29 Å². The molecule has 4 heteroatoms. The summed E-state index contributed by atoms with van der Waals surface area (Å²) in [6, 6.07) is 4.59. The Morgan fingerprint density at radius 2 is 2.00 bits per heavy atom. The first-order valence-electron chi connectivity index (χ1n) is 4.32. The lowest BCUT2D eigenvalue weighted by Crippen LogP contribution is -1.92. The molecule has 3 nitrogen and oxygen atoms in total. The van der Waals surface area contributed by atoms with E-state index >= 15 is 0 Å². The average molecular weight is 202 g/mol. The Morgan fingerprint density at radius 3 is 2.67 bits per heavy atom. The summed E-state index contributed by atoms with van der Waals surface area (Å²) >= 11 is 0. The minimum atomic E-state index is -0.657. The van der Waals surface area contributed by atoms with Crippen LogP contribution in [0.5, 0.6) is 0 Å². The second-order valence-electron chi connectivity index (χ2n) is 2.95. The monoisotopic (exact) mass is 202 g/mol. The van der Waals surface area contributed by atoms with Crippen LogP contribution in [0.3, 0.4) is 0 Å². The molecule has 0 saturated carbocycles. The van der Waals surface area contributed by atoms with E-state index in [1.807, 2.05) is 0 Å². The Kier molecular flexibility index (Phi) is 2.49. The van der Waals surface area contributed by atoms with Crippen LogP contribution in [0.2, 0.25) is 0 Å². The van der Waals surface area contributed by atoms with Crippen LogP contribution in [0.4, 0.5) is 4.39 Å². The maximum absolute atomic E-state index is 12.8. The molecule has 0 aliphatic rings. The number of halogens is 1. The second-order valence-corrected chi connectivity index (χ2v) is 2.95. The SMILES string of the molecule is O=Cc1cc(F)ncc1-c1ccncc1. The first-order valence-corrected chi connectivity index (χ1v) is 4.32. The van der Waals surface area contributed by atoms with Gasteiger partial charge in [-0.05, 0) is 17.7 Å². The predicted octanol–water partition coefficient (Wildman–Crippen LogP) is 2.10. The third-order valence-corrected chi connectivity index (χ3v) is 2.02. The Hall–Kier alpha value is -2.10. The highest BCUT2D eigenvalue weighted by atomic mass is 19.1. The maximum Gasteiger partial charge on any atom is 0.213 e. The fourth-order valence-corrected chi connectivity index (χ4v) is 1.31. The number of aromatic nitrogens is 2. The van der Waals surface area contributed by atoms with E-state index < -0.39 is 5.95 Å². The van der Waals surface area contributed by atoms with Gasteiger partial charge in [-0.25, -0.2) is 4.98 Å². The summed E-state index contributed by atoms with van der Waals surface area (Å²) < 4.78 is 12.8. The molecule has 74 valence electrons. The molecule has 0 atom stereocenters. The topological polar surface area (TPSA) is 42.9 Å². The van der Waals surface area contributed by atoms with Crippen molar-refractivity contribution in [2.75, 3.05) is 0 Å². The Morgan fingerprint density at radius 1 is 1.27 bits per heavy atom. The zero-order valence-corrected chi connectivity index (χ0v) is 7.72. The number of carbonyl (C=O) groups excluding carboxylic acids is 1. The van der Waals surface area contributed by atoms with Gasteiger partial charge in [0.15, 0.2) is 6.29 Å². The molecule has 0 saturated heterocycles. The van der Waals surface area contributed by atoms with Crippen molar-refractivity contribution in [3.05, 3.63) is 48.3 Å². The highest BCUT2D eigenvalue weighted by Crippen LogP contribution is 2.21. The van der Waals surface area contributed by atoms with Gasteiger partial charge in [-0.3, -0.25) is 9.78 Å². The molecule has 2 aromatic heterocycles. The van der Waals surface area contributed by atoms with Crippen molar-refractivity contribution in [1.82, 2.24) is 9.97 Å². The molecule has 15 heavy (non-hydrogen) atoms. The minimum Gasteiger partial charge on any atom is -0.298 e. The molecule has 0 aliphatic carbocycles. The van der Waals surface area contributed by atoms with E-state index in [1.165, 1.54) is 6.20 Å². The fraction of sp³-hybridized carbons (Fsp3) is 0.